The molecule has 128 valence electrons. The Morgan fingerprint density at radius 1 is 1.22 bits per heavy atom. The lowest BCUT2D eigenvalue weighted by Crippen LogP contribution is -2.54. The van der Waals surface area contributed by atoms with Crippen molar-refractivity contribution in [2.45, 2.75) is 51.3 Å². The Morgan fingerprint density at radius 3 is 2.26 bits per heavy atom. The molecule has 0 amide bonds. The van der Waals surface area contributed by atoms with Crippen LogP contribution in [0.25, 0.3) is 5.57 Å². The summed E-state index contributed by atoms with van der Waals surface area (Å²) < 4.78 is 20.1. The van der Waals surface area contributed by atoms with Crippen molar-refractivity contribution in [1.82, 2.24) is 4.72 Å². The number of carbonyl (C=O) groups is 1. The molecule has 1 aromatic rings. The molecule has 4 nitrogen and oxygen atoms in total. The predicted octanol–water partition coefficient (Wildman–Crippen LogP) is 3.46. The molecule has 0 saturated heterocycles. The van der Waals surface area contributed by atoms with Gasteiger partial charge in [-0.25, -0.2) is 8.93 Å². The van der Waals surface area contributed by atoms with Crippen molar-refractivity contribution in [3.8, 4) is 0 Å². The van der Waals surface area contributed by atoms with E-state index in [1.165, 1.54) is 0 Å². The summed E-state index contributed by atoms with van der Waals surface area (Å²) in [7, 11) is -1.40. The first-order valence-electron chi connectivity index (χ1n) is 7.70. The highest BCUT2D eigenvalue weighted by molar-refractivity contribution is 7.84. The maximum atomic E-state index is 12.5. The second-order valence-electron chi connectivity index (χ2n) is 6.68. The van der Waals surface area contributed by atoms with Crippen LogP contribution in [0, 0.1) is 0 Å². The van der Waals surface area contributed by atoms with Gasteiger partial charge >= 0.3 is 5.97 Å². The quantitative estimate of drug-likeness (QED) is 0.775. The van der Waals surface area contributed by atoms with Crippen LogP contribution in [0.1, 0.15) is 46.6 Å². The second-order valence-corrected chi connectivity index (χ2v) is 8.65. The first-order chi connectivity index (χ1) is 10.6. The average Bonchev–Trinajstić information content (AvgIpc) is 2.47. The van der Waals surface area contributed by atoms with Gasteiger partial charge in [-0.3, -0.25) is 4.79 Å². The van der Waals surface area contributed by atoms with Crippen LogP contribution in [-0.4, -0.2) is 27.1 Å². The van der Waals surface area contributed by atoms with Gasteiger partial charge in [-0.15, -0.1) is 0 Å². The lowest BCUT2D eigenvalue weighted by atomic mass is 9.91. The van der Waals surface area contributed by atoms with Crippen molar-refractivity contribution in [2.75, 3.05) is 6.61 Å². The maximum Gasteiger partial charge on any atom is 0.327 e. The average molecular weight is 337 g/mol. The monoisotopic (exact) mass is 337 g/mol. The molecule has 0 radical (unpaired) electrons. The van der Waals surface area contributed by atoms with Gasteiger partial charge in [0.25, 0.3) is 0 Å². The largest absolute Gasteiger partial charge is 0.465 e. The van der Waals surface area contributed by atoms with Crippen LogP contribution >= 0.6 is 0 Å². The van der Waals surface area contributed by atoms with Crippen molar-refractivity contribution in [3.63, 3.8) is 0 Å². The third-order valence-electron chi connectivity index (χ3n) is 3.35. The van der Waals surface area contributed by atoms with Gasteiger partial charge in [-0.05, 0) is 45.8 Å². The summed E-state index contributed by atoms with van der Waals surface area (Å²) in [4.78, 5) is 12.4. The van der Waals surface area contributed by atoms with Crippen molar-refractivity contribution in [3.05, 3.63) is 42.5 Å². The van der Waals surface area contributed by atoms with E-state index in [0.29, 0.717) is 6.42 Å². The Balaban J connectivity index is 3.02. The summed E-state index contributed by atoms with van der Waals surface area (Å²) in [6.45, 7) is 13.4. The molecule has 0 bridgehead atoms. The maximum absolute atomic E-state index is 12.5. The highest BCUT2D eigenvalue weighted by Gasteiger charge is 2.39. The van der Waals surface area contributed by atoms with E-state index in [4.69, 9.17) is 4.74 Å². The molecular weight excluding hydrogens is 310 g/mol. The number of nitrogens with one attached hydrogen (secondary N) is 1. The molecule has 5 heteroatoms. The van der Waals surface area contributed by atoms with Crippen LogP contribution in [0.3, 0.4) is 0 Å². The van der Waals surface area contributed by atoms with E-state index in [1.54, 1.807) is 13.8 Å². The molecule has 2 atom stereocenters. The topological polar surface area (TPSA) is 55.4 Å². The van der Waals surface area contributed by atoms with E-state index < -0.39 is 27.2 Å². The van der Waals surface area contributed by atoms with E-state index in [-0.39, 0.29) is 6.61 Å². The summed E-state index contributed by atoms with van der Waals surface area (Å²) in [5, 5.41) is 0. The zero-order chi connectivity index (χ0) is 17.7. The van der Waals surface area contributed by atoms with Gasteiger partial charge in [-0.1, -0.05) is 36.9 Å². The lowest BCUT2D eigenvalue weighted by molar-refractivity contribution is -0.149. The van der Waals surface area contributed by atoms with Crippen LogP contribution < -0.4 is 4.72 Å². The van der Waals surface area contributed by atoms with Gasteiger partial charge in [0.15, 0.2) is 0 Å². The van der Waals surface area contributed by atoms with E-state index >= 15 is 0 Å². The van der Waals surface area contributed by atoms with Crippen molar-refractivity contribution >= 4 is 22.5 Å². The summed E-state index contributed by atoms with van der Waals surface area (Å²) in [6, 6.07) is 9.64. The number of hydrogen-bond acceptors (Lipinski definition) is 3. The number of hydrogen-bond donors (Lipinski definition) is 1. The van der Waals surface area contributed by atoms with Gasteiger partial charge in [-0.2, -0.15) is 0 Å². The SMILES string of the molecule is C=C(CC(C)(NS(=O)C(C)(C)C)C(=O)OCC)c1ccccc1. The van der Waals surface area contributed by atoms with Crippen LogP contribution in [0.4, 0.5) is 0 Å². The van der Waals surface area contributed by atoms with Crippen LogP contribution in [0.2, 0.25) is 0 Å². The zero-order valence-corrected chi connectivity index (χ0v) is 15.5. The third kappa shape index (κ3) is 5.59. The van der Waals surface area contributed by atoms with Gasteiger partial charge in [0.05, 0.1) is 22.3 Å². The molecule has 0 spiro atoms. The van der Waals surface area contributed by atoms with Crippen molar-refractivity contribution in [2.24, 2.45) is 0 Å². The number of rotatable bonds is 7. The van der Waals surface area contributed by atoms with Crippen LogP contribution in [0.15, 0.2) is 36.9 Å². The Hall–Kier alpha value is -1.46. The third-order valence-corrected chi connectivity index (χ3v) is 5.10. The van der Waals surface area contributed by atoms with Crippen LogP contribution in [-0.2, 0) is 20.5 Å². The molecule has 0 aliphatic rings. The molecule has 0 heterocycles. The molecule has 0 aromatic heterocycles. The predicted molar refractivity (Wildman–Crippen MR) is 96.2 cm³/mol. The van der Waals surface area contributed by atoms with Crippen molar-refractivity contribution < 1.29 is 13.7 Å². The molecular formula is C18H27NO3S. The van der Waals surface area contributed by atoms with Crippen LogP contribution in [0.5, 0.6) is 0 Å². The second kappa shape index (κ2) is 7.88. The molecule has 2 unspecified atom stereocenters. The summed E-state index contributed by atoms with van der Waals surface area (Å²) >= 11 is 0. The normalized spacial score (nSPS) is 15.5. The number of benzene rings is 1. The highest BCUT2D eigenvalue weighted by Crippen LogP contribution is 2.26. The minimum absolute atomic E-state index is 0.274. The summed E-state index contributed by atoms with van der Waals surface area (Å²) in [6.07, 6.45) is 0.317. The first-order valence-corrected chi connectivity index (χ1v) is 8.85. The number of esters is 1. The van der Waals surface area contributed by atoms with E-state index in [9.17, 15) is 9.00 Å². The molecule has 23 heavy (non-hydrogen) atoms. The smallest absolute Gasteiger partial charge is 0.327 e. The van der Waals surface area contributed by atoms with E-state index in [1.807, 2.05) is 51.1 Å². The lowest BCUT2D eigenvalue weighted by Gasteiger charge is -2.32. The summed E-state index contributed by atoms with van der Waals surface area (Å²) in [5.74, 6) is -0.422. The van der Waals surface area contributed by atoms with Gasteiger partial charge in [0.1, 0.15) is 5.54 Å². The fraction of sp³-hybridized carbons (Fsp3) is 0.500. The Labute approximate surface area is 141 Å². The molecule has 1 N–H and O–H groups in total. The summed E-state index contributed by atoms with van der Waals surface area (Å²) in [5.41, 5.74) is 0.645. The first kappa shape index (κ1) is 19.6. The minimum Gasteiger partial charge on any atom is -0.465 e. The standard InChI is InChI=1S/C18H27NO3S/c1-7-22-16(20)18(6,19-23(21)17(3,4)5)13-14(2)15-11-9-8-10-12-15/h8-12,19H,2,7,13H2,1,3-6H3. The molecule has 0 aliphatic heterocycles. The highest BCUT2D eigenvalue weighted by atomic mass is 32.2. The van der Waals surface area contributed by atoms with Gasteiger partial charge in [0.2, 0.25) is 0 Å². The Morgan fingerprint density at radius 2 is 1.78 bits per heavy atom. The minimum atomic E-state index is -1.40. The number of carbonyl (C=O) groups excluding carboxylic acids is 1. The fourth-order valence-corrected chi connectivity index (χ4v) is 2.87. The number of ether oxygens (including phenoxy) is 1. The van der Waals surface area contributed by atoms with Gasteiger partial charge in [0, 0.05) is 6.42 Å². The molecule has 0 aliphatic carbocycles. The van der Waals surface area contributed by atoms with Crippen molar-refractivity contribution in [1.29, 1.82) is 0 Å². The fourth-order valence-electron chi connectivity index (χ4n) is 2.00. The molecule has 1 aromatic carbocycles. The molecule has 0 saturated carbocycles. The van der Waals surface area contributed by atoms with Gasteiger partial charge < -0.3 is 4.74 Å². The van der Waals surface area contributed by atoms with E-state index in [2.05, 4.69) is 11.3 Å². The Kier molecular flexibility index (Phi) is 6.71. The Bertz CT molecular complexity index is 578. The zero-order valence-electron chi connectivity index (χ0n) is 14.6. The molecule has 1 rings (SSSR count). The van der Waals surface area contributed by atoms with E-state index in [0.717, 1.165) is 11.1 Å². The molecule has 0 fully saturated rings.